The third-order valence-electron chi connectivity index (χ3n) is 4.29. The highest BCUT2D eigenvalue weighted by molar-refractivity contribution is 7.62. The van der Waals surface area contributed by atoms with E-state index in [-0.39, 0.29) is 55.4 Å². The van der Waals surface area contributed by atoms with E-state index in [9.17, 15) is 61.8 Å². The first kappa shape index (κ1) is 36.4. The van der Waals surface area contributed by atoms with Crippen LogP contribution in [-0.4, -0.2) is 47.1 Å². The molecule has 0 saturated carbocycles. The van der Waals surface area contributed by atoms with Crippen molar-refractivity contribution in [3.05, 3.63) is 0 Å². The zero-order chi connectivity index (χ0) is 30.5. The third-order valence-corrected chi connectivity index (χ3v) is 8.61. The lowest BCUT2D eigenvalue weighted by atomic mass is 10.1. The zero-order valence-corrected chi connectivity index (χ0v) is 22.1. The van der Waals surface area contributed by atoms with Crippen molar-refractivity contribution in [3.63, 3.8) is 0 Å². The van der Waals surface area contributed by atoms with Crippen LogP contribution in [0.15, 0.2) is 0 Å². The number of rotatable bonds is 10. The lowest BCUT2D eigenvalue weighted by Crippen LogP contribution is -2.46. The molecule has 0 heterocycles. The molecule has 37 heavy (non-hydrogen) atoms. The molecule has 0 unspecified atom stereocenters. The van der Waals surface area contributed by atoms with Crippen molar-refractivity contribution in [1.82, 2.24) is 0 Å². The van der Waals surface area contributed by atoms with Crippen LogP contribution in [0.25, 0.3) is 0 Å². The molecule has 0 aliphatic rings. The molecule has 0 aromatic rings. The lowest BCUT2D eigenvalue weighted by molar-refractivity contribution is -0.263. The summed E-state index contributed by atoms with van der Waals surface area (Å²) < 4.78 is 206. The van der Waals surface area contributed by atoms with Gasteiger partial charge in [0.25, 0.3) is 0 Å². The normalized spacial score (nSPS) is 16.3. The summed E-state index contributed by atoms with van der Waals surface area (Å²) in [5, 5.41) is 0. The molecule has 0 saturated heterocycles. The van der Waals surface area contributed by atoms with E-state index in [1.807, 2.05) is 0 Å². The van der Waals surface area contributed by atoms with Gasteiger partial charge in [-0.1, -0.05) is 0 Å². The molecule has 0 amide bonds. The minimum absolute atomic E-state index is 0.0406. The highest BCUT2D eigenvalue weighted by Gasteiger charge is 2.64. The summed E-state index contributed by atoms with van der Waals surface area (Å²) in [5.74, 6) is 0. The summed E-state index contributed by atoms with van der Waals surface area (Å²) >= 11 is 0. The van der Waals surface area contributed by atoms with Crippen molar-refractivity contribution in [2.24, 2.45) is 0 Å². The van der Waals surface area contributed by atoms with Crippen molar-refractivity contribution in [1.29, 1.82) is 0 Å². The molecule has 224 valence electrons. The molecule has 0 N–H and O–H groups in total. The second-order valence-corrected chi connectivity index (χ2v) is 12.5. The number of hydrogen-bond donors (Lipinski definition) is 0. The van der Waals surface area contributed by atoms with Crippen LogP contribution in [0.5, 0.6) is 0 Å². The molecule has 7 nitrogen and oxygen atoms in total. The second kappa shape index (κ2) is 10.1. The van der Waals surface area contributed by atoms with Crippen molar-refractivity contribution < 1.29 is 84.2 Å². The minimum Gasteiger partial charge on any atom is -0.271 e. The average molecular weight is 618 g/mol. The van der Waals surface area contributed by atoms with E-state index in [2.05, 4.69) is 22.4 Å². The molecule has 0 spiro atoms. The molecule has 0 bridgehead atoms. The third kappa shape index (κ3) is 9.24. The standard InChI is InChI=1S/C16H24F12O7P2/c1-9(2,13(17,18)19)31-36(29,32-10(3,4)14(20,21)22)35-37(30,33-11(5,6)15(23,24)25)34-12(7,8)16(26,27)28/h1-8H3. The molecule has 21 heteroatoms. The molecule has 0 rings (SSSR count). The minimum atomic E-state index is -6.74. The van der Waals surface area contributed by atoms with Gasteiger partial charge in [0.1, 0.15) is 0 Å². The van der Waals surface area contributed by atoms with Crippen LogP contribution in [0, 0.1) is 0 Å². The van der Waals surface area contributed by atoms with Gasteiger partial charge in [0.05, 0.1) is 0 Å². The van der Waals surface area contributed by atoms with Crippen LogP contribution < -0.4 is 0 Å². The summed E-state index contributed by atoms with van der Waals surface area (Å²) in [5.41, 5.74) is -15.2. The maximum Gasteiger partial charge on any atom is 0.485 e. The number of phosphoric acid groups is 2. The maximum absolute atomic E-state index is 13.3. The Labute approximate surface area is 203 Å². The van der Waals surface area contributed by atoms with E-state index in [0.717, 1.165) is 0 Å². The van der Waals surface area contributed by atoms with Gasteiger partial charge in [-0.3, -0.25) is 18.1 Å². The Morgan fingerprint density at radius 3 is 0.622 bits per heavy atom. The molecule has 0 fully saturated rings. The second-order valence-electron chi connectivity index (χ2n) is 9.37. The predicted molar refractivity (Wildman–Crippen MR) is 101 cm³/mol. The number of halogens is 12. The topological polar surface area (TPSA) is 80.3 Å². The van der Waals surface area contributed by atoms with Crippen LogP contribution in [0.1, 0.15) is 55.4 Å². The van der Waals surface area contributed by atoms with Gasteiger partial charge >= 0.3 is 40.4 Å². The predicted octanol–water partition coefficient (Wildman–Crippen LogP) is 8.65. The first-order valence-electron chi connectivity index (χ1n) is 9.54. The fraction of sp³-hybridized carbons (Fsp3) is 1.00. The van der Waals surface area contributed by atoms with Gasteiger partial charge in [0.2, 0.25) is 0 Å². The summed E-state index contributed by atoms with van der Waals surface area (Å²) in [7, 11) is -13.5. The number of alkyl halides is 12. The number of phosphoric ester groups is 2. The van der Waals surface area contributed by atoms with Crippen LogP contribution in [0.2, 0.25) is 0 Å². The fourth-order valence-corrected chi connectivity index (χ4v) is 5.79. The van der Waals surface area contributed by atoms with Crippen LogP contribution in [-0.2, 0) is 31.5 Å². The molecule has 0 aromatic carbocycles. The lowest BCUT2D eigenvalue weighted by Gasteiger charge is -2.39. The molecule has 0 aromatic heterocycles. The quantitative estimate of drug-likeness (QED) is 0.179. The SMILES string of the molecule is CC(C)(OP(=O)(OC(C)(C)C(F)(F)F)OP(=O)(OC(C)(C)C(F)(F)F)OC(C)(C)C(F)(F)F)C(F)(F)F. The van der Waals surface area contributed by atoms with E-state index < -0.39 is 62.8 Å². The van der Waals surface area contributed by atoms with Crippen LogP contribution in [0.3, 0.4) is 0 Å². The Kier molecular flexibility index (Phi) is 9.95. The fourth-order valence-electron chi connectivity index (χ4n) is 1.55. The molecule has 0 radical (unpaired) electrons. The van der Waals surface area contributed by atoms with Gasteiger partial charge in [0, 0.05) is 0 Å². The smallest absolute Gasteiger partial charge is 0.271 e. The van der Waals surface area contributed by atoms with Gasteiger partial charge < -0.3 is 0 Å². The van der Waals surface area contributed by atoms with E-state index in [1.54, 1.807) is 0 Å². The van der Waals surface area contributed by atoms with Gasteiger partial charge in [-0.2, -0.15) is 57.0 Å². The number of hydrogen-bond acceptors (Lipinski definition) is 7. The first-order chi connectivity index (χ1) is 15.5. The molecule has 0 aliphatic carbocycles. The highest BCUT2D eigenvalue weighted by Crippen LogP contribution is 2.72. The van der Waals surface area contributed by atoms with Crippen LogP contribution in [0.4, 0.5) is 52.7 Å². The van der Waals surface area contributed by atoms with Crippen molar-refractivity contribution >= 4 is 15.6 Å². The highest BCUT2D eigenvalue weighted by atomic mass is 31.3. The maximum atomic E-state index is 13.3. The Morgan fingerprint density at radius 1 is 0.378 bits per heavy atom. The summed E-state index contributed by atoms with van der Waals surface area (Å²) in [6.07, 6.45) is -22.4. The largest absolute Gasteiger partial charge is 0.485 e. The zero-order valence-electron chi connectivity index (χ0n) is 20.3. The van der Waals surface area contributed by atoms with Crippen molar-refractivity contribution in [2.75, 3.05) is 0 Å². The van der Waals surface area contributed by atoms with Gasteiger partial charge in [-0.25, -0.2) is 9.13 Å². The molecular weight excluding hydrogens is 594 g/mol. The van der Waals surface area contributed by atoms with Crippen molar-refractivity contribution in [2.45, 2.75) is 102 Å². The Bertz CT molecular complexity index is 766. The Balaban J connectivity index is 7.07. The van der Waals surface area contributed by atoms with Gasteiger partial charge in [0.15, 0.2) is 22.4 Å². The van der Waals surface area contributed by atoms with Gasteiger partial charge in [-0.15, -0.1) is 0 Å². The summed E-state index contributed by atoms with van der Waals surface area (Å²) in [4.78, 5) is 0. The van der Waals surface area contributed by atoms with E-state index in [0.29, 0.717) is 0 Å². The molecule has 0 atom stereocenters. The first-order valence-corrected chi connectivity index (χ1v) is 12.5. The monoisotopic (exact) mass is 618 g/mol. The van der Waals surface area contributed by atoms with Crippen molar-refractivity contribution in [3.8, 4) is 0 Å². The van der Waals surface area contributed by atoms with E-state index in [4.69, 9.17) is 0 Å². The van der Waals surface area contributed by atoms with E-state index >= 15 is 0 Å². The Hall–Kier alpha value is -0.580. The van der Waals surface area contributed by atoms with Crippen LogP contribution >= 0.6 is 15.6 Å². The summed E-state index contributed by atoms with van der Waals surface area (Å²) in [6.45, 7) is 0.325. The molecular formula is C16H24F12O7P2. The van der Waals surface area contributed by atoms with E-state index in [1.165, 1.54) is 0 Å². The summed E-state index contributed by atoms with van der Waals surface area (Å²) in [6, 6.07) is 0. The Morgan fingerprint density at radius 2 is 0.514 bits per heavy atom. The van der Waals surface area contributed by atoms with Gasteiger partial charge in [-0.05, 0) is 55.4 Å². The molecule has 0 aliphatic heterocycles. The average Bonchev–Trinajstić information content (AvgIpc) is 2.46.